The third kappa shape index (κ3) is 4.80. The van der Waals surface area contributed by atoms with Gasteiger partial charge < -0.3 is 10.1 Å². The lowest BCUT2D eigenvalue weighted by molar-refractivity contribution is -0.115. The van der Waals surface area contributed by atoms with Crippen molar-refractivity contribution in [1.29, 1.82) is 0 Å². The molecular formula is C24H22FN5O2. The van der Waals surface area contributed by atoms with Crippen LogP contribution < -0.4 is 10.1 Å². The summed E-state index contributed by atoms with van der Waals surface area (Å²) < 4.78 is 21.5. The lowest BCUT2D eigenvalue weighted by Gasteiger charge is -2.10. The van der Waals surface area contributed by atoms with E-state index in [1.165, 1.54) is 6.07 Å². The van der Waals surface area contributed by atoms with Gasteiger partial charge in [0.2, 0.25) is 11.8 Å². The number of aromatic nitrogens is 4. The third-order valence-corrected chi connectivity index (χ3v) is 4.97. The summed E-state index contributed by atoms with van der Waals surface area (Å²) >= 11 is 0. The number of nitrogens with zero attached hydrogens (tertiary/aromatic N) is 4. The first-order chi connectivity index (χ1) is 15.4. The first-order valence-electron chi connectivity index (χ1n) is 10.1. The quantitative estimate of drug-likeness (QED) is 0.479. The van der Waals surface area contributed by atoms with Crippen molar-refractivity contribution in [3.05, 3.63) is 89.5 Å². The Morgan fingerprint density at radius 3 is 2.50 bits per heavy atom. The van der Waals surface area contributed by atoms with Crippen LogP contribution in [0.2, 0.25) is 0 Å². The number of carbonyl (C=O) groups is 1. The summed E-state index contributed by atoms with van der Waals surface area (Å²) in [5, 5.41) is 2.76. The van der Waals surface area contributed by atoms with E-state index in [-0.39, 0.29) is 12.3 Å². The molecule has 2 aromatic heterocycles. The molecule has 4 rings (SSSR count). The molecule has 0 saturated carbocycles. The number of ether oxygens (including phenoxy) is 1. The highest BCUT2D eigenvalue weighted by atomic mass is 19.1. The van der Waals surface area contributed by atoms with Gasteiger partial charge in [-0.3, -0.25) is 9.36 Å². The molecule has 0 bridgehead atoms. The average molecular weight is 431 g/mol. The van der Waals surface area contributed by atoms with Gasteiger partial charge in [-0.1, -0.05) is 18.2 Å². The van der Waals surface area contributed by atoms with E-state index < -0.39 is 5.82 Å². The Bertz CT molecular complexity index is 1270. The molecule has 0 fully saturated rings. The maximum Gasteiger partial charge on any atom is 0.228 e. The Labute approximate surface area is 184 Å². The minimum absolute atomic E-state index is 0.0406. The Kier molecular flexibility index (Phi) is 5.93. The predicted molar refractivity (Wildman–Crippen MR) is 119 cm³/mol. The first kappa shape index (κ1) is 21.2. The molecule has 4 aromatic rings. The maximum atomic E-state index is 13.7. The Hall–Kier alpha value is -4.07. The summed E-state index contributed by atoms with van der Waals surface area (Å²) in [7, 11) is 0. The number of rotatable bonds is 6. The maximum absolute atomic E-state index is 13.7. The van der Waals surface area contributed by atoms with Gasteiger partial charge in [-0.15, -0.1) is 0 Å². The average Bonchev–Trinajstić information content (AvgIpc) is 3.09. The second kappa shape index (κ2) is 8.97. The molecule has 0 aliphatic carbocycles. The van der Waals surface area contributed by atoms with Crippen LogP contribution in [-0.4, -0.2) is 25.4 Å². The lowest BCUT2D eigenvalue weighted by Crippen LogP contribution is -2.15. The number of halogens is 1. The predicted octanol–water partition coefficient (Wildman–Crippen LogP) is 4.70. The standard InChI is InChI=1S/C24H22FN5O2/c1-15-16(2)30(14-26-15)22-13-24(28-17(3)27-22)32-20-10-8-19(9-11-20)29-23(31)12-18-6-4-5-7-21(18)25/h4-11,13-14H,12H2,1-3H3,(H,29,31). The van der Waals surface area contributed by atoms with Gasteiger partial charge in [0.1, 0.15) is 29.5 Å². The molecule has 0 saturated heterocycles. The van der Waals surface area contributed by atoms with Crippen molar-refractivity contribution in [2.45, 2.75) is 27.2 Å². The molecule has 2 heterocycles. The van der Waals surface area contributed by atoms with Gasteiger partial charge in [0.15, 0.2) is 0 Å². The van der Waals surface area contributed by atoms with Crippen molar-refractivity contribution >= 4 is 11.6 Å². The zero-order valence-electron chi connectivity index (χ0n) is 18.0. The zero-order valence-corrected chi connectivity index (χ0v) is 18.0. The number of anilines is 1. The minimum Gasteiger partial charge on any atom is -0.439 e. The molecule has 0 spiro atoms. The summed E-state index contributed by atoms with van der Waals surface area (Å²) in [5.74, 6) is 1.50. The van der Waals surface area contributed by atoms with E-state index in [1.54, 1.807) is 61.8 Å². The summed E-state index contributed by atoms with van der Waals surface area (Å²) in [5.41, 5.74) is 2.85. The van der Waals surface area contributed by atoms with E-state index in [1.807, 2.05) is 18.4 Å². The number of carbonyl (C=O) groups excluding carboxylic acids is 1. The fourth-order valence-corrected chi connectivity index (χ4v) is 3.18. The Morgan fingerprint density at radius 1 is 1.06 bits per heavy atom. The van der Waals surface area contributed by atoms with Crippen LogP contribution in [0.15, 0.2) is 60.9 Å². The van der Waals surface area contributed by atoms with Gasteiger partial charge in [-0.2, -0.15) is 4.98 Å². The molecule has 1 amide bonds. The molecule has 0 aliphatic rings. The molecule has 0 aliphatic heterocycles. The number of aryl methyl sites for hydroxylation is 2. The topological polar surface area (TPSA) is 81.9 Å². The monoisotopic (exact) mass is 431 g/mol. The van der Waals surface area contributed by atoms with Crippen LogP contribution in [0.25, 0.3) is 5.82 Å². The van der Waals surface area contributed by atoms with Crippen LogP contribution in [0.3, 0.4) is 0 Å². The number of imidazole rings is 1. The van der Waals surface area contributed by atoms with Crippen LogP contribution in [0, 0.1) is 26.6 Å². The first-order valence-corrected chi connectivity index (χ1v) is 10.1. The third-order valence-electron chi connectivity index (χ3n) is 4.97. The van der Waals surface area contributed by atoms with Crippen molar-refractivity contribution < 1.29 is 13.9 Å². The molecule has 8 heteroatoms. The largest absolute Gasteiger partial charge is 0.439 e. The number of amides is 1. The van der Waals surface area contributed by atoms with E-state index in [4.69, 9.17) is 4.74 Å². The van der Waals surface area contributed by atoms with Gasteiger partial charge in [0.05, 0.1) is 12.1 Å². The minimum atomic E-state index is -0.396. The van der Waals surface area contributed by atoms with Gasteiger partial charge in [-0.05, 0) is 56.7 Å². The second-order valence-corrected chi connectivity index (χ2v) is 7.34. The van der Waals surface area contributed by atoms with E-state index in [0.717, 1.165) is 11.4 Å². The summed E-state index contributed by atoms with van der Waals surface area (Å²) in [4.78, 5) is 25.3. The highest BCUT2D eigenvalue weighted by Gasteiger charge is 2.11. The smallest absolute Gasteiger partial charge is 0.228 e. The van der Waals surface area contributed by atoms with E-state index in [0.29, 0.717) is 34.5 Å². The van der Waals surface area contributed by atoms with Crippen molar-refractivity contribution in [2.75, 3.05) is 5.32 Å². The van der Waals surface area contributed by atoms with Crippen molar-refractivity contribution in [3.63, 3.8) is 0 Å². The number of hydrogen-bond acceptors (Lipinski definition) is 5. The summed E-state index contributed by atoms with van der Waals surface area (Å²) in [6, 6.07) is 14.8. The van der Waals surface area contributed by atoms with Crippen LogP contribution >= 0.6 is 0 Å². The summed E-state index contributed by atoms with van der Waals surface area (Å²) in [6.45, 7) is 5.71. The molecule has 0 radical (unpaired) electrons. The molecule has 7 nitrogen and oxygen atoms in total. The highest BCUT2D eigenvalue weighted by molar-refractivity contribution is 5.92. The van der Waals surface area contributed by atoms with Gasteiger partial charge in [0.25, 0.3) is 0 Å². The van der Waals surface area contributed by atoms with Crippen molar-refractivity contribution in [2.24, 2.45) is 0 Å². The molecular weight excluding hydrogens is 409 g/mol. The zero-order chi connectivity index (χ0) is 22.7. The fraction of sp³-hybridized carbons (Fsp3) is 0.167. The van der Waals surface area contributed by atoms with Crippen LogP contribution in [-0.2, 0) is 11.2 Å². The Balaban J connectivity index is 1.44. The van der Waals surface area contributed by atoms with Crippen LogP contribution in [0.4, 0.5) is 10.1 Å². The van der Waals surface area contributed by atoms with Crippen LogP contribution in [0.1, 0.15) is 22.8 Å². The number of nitrogens with one attached hydrogen (secondary N) is 1. The lowest BCUT2D eigenvalue weighted by atomic mass is 10.1. The molecule has 2 aromatic carbocycles. The Morgan fingerprint density at radius 2 is 1.81 bits per heavy atom. The van der Waals surface area contributed by atoms with E-state index >= 15 is 0 Å². The molecule has 162 valence electrons. The highest BCUT2D eigenvalue weighted by Crippen LogP contribution is 2.24. The molecule has 32 heavy (non-hydrogen) atoms. The normalized spacial score (nSPS) is 10.8. The molecule has 0 atom stereocenters. The van der Waals surface area contributed by atoms with E-state index in [2.05, 4.69) is 20.3 Å². The second-order valence-electron chi connectivity index (χ2n) is 7.34. The van der Waals surface area contributed by atoms with Gasteiger partial charge in [-0.25, -0.2) is 14.4 Å². The number of benzene rings is 2. The van der Waals surface area contributed by atoms with Gasteiger partial charge in [0, 0.05) is 17.4 Å². The number of hydrogen-bond donors (Lipinski definition) is 1. The van der Waals surface area contributed by atoms with Crippen LogP contribution in [0.5, 0.6) is 11.6 Å². The summed E-state index contributed by atoms with van der Waals surface area (Å²) in [6.07, 6.45) is 1.68. The van der Waals surface area contributed by atoms with E-state index in [9.17, 15) is 9.18 Å². The fourth-order valence-electron chi connectivity index (χ4n) is 3.18. The SMILES string of the molecule is Cc1nc(Oc2ccc(NC(=O)Cc3ccccc3F)cc2)cc(-n2cnc(C)c2C)n1. The molecule has 0 unspecified atom stereocenters. The molecule has 1 N–H and O–H groups in total. The van der Waals surface area contributed by atoms with Crippen molar-refractivity contribution in [1.82, 2.24) is 19.5 Å². The van der Waals surface area contributed by atoms with Gasteiger partial charge >= 0.3 is 0 Å². The van der Waals surface area contributed by atoms with Crippen molar-refractivity contribution in [3.8, 4) is 17.4 Å².